The van der Waals surface area contributed by atoms with Crippen LogP contribution in [0.4, 0.5) is 0 Å². The lowest BCUT2D eigenvalue weighted by molar-refractivity contribution is 0.172. The molecule has 1 aromatic heterocycles. The Hall–Kier alpha value is -0.540. The van der Waals surface area contributed by atoms with Crippen LogP contribution >= 0.6 is 11.3 Å². The van der Waals surface area contributed by atoms with Gasteiger partial charge in [0.2, 0.25) is 0 Å². The molecule has 1 aliphatic rings. The standard InChI is InChI=1S/C10H15NOS/c1-8-5-10(13-7-8)12-9-3-2-4-11-6-9/h5,7,9,11H,2-4,6H2,1H3. The molecule has 0 radical (unpaired) electrons. The van der Waals surface area contributed by atoms with E-state index in [4.69, 9.17) is 4.74 Å². The molecule has 0 amide bonds. The molecule has 1 atom stereocenters. The predicted molar refractivity (Wildman–Crippen MR) is 55.6 cm³/mol. The zero-order valence-corrected chi connectivity index (χ0v) is 8.69. The molecule has 0 aliphatic carbocycles. The number of aryl methyl sites for hydroxylation is 1. The van der Waals surface area contributed by atoms with Gasteiger partial charge in [-0.3, -0.25) is 0 Å². The maximum absolute atomic E-state index is 5.83. The fourth-order valence-corrected chi connectivity index (χ4v) is 2.37. The highest BCUT2D eigenvalue weighted by atomic mass is 32.1. The Kier molecular flexibility index (Phi) is 2.86. The summed E-state index contributed by atoms with van der Waals surface area (Å²) < 4.78 is 5.83. The number of thiophene rings is 1. The molecule has 0 bridgehead atoms. The minimum Gasteiger partial charge on any atom is -0.480 e. The molecule has 0 spiro atoms. The van der Waals surface area contributed by atoms with Gasteiger partial charge < -0.3 is 10.1 Å². The second-order valence-corrected chi connectivity index (χ2v) is 4.40. The van der Waals surface area contributed by atoms with Crippen molar-refractivity contribution in [3.63, 3.8) is 0 Å². The minimum absolute atomic E-state index is 0.381. The van der Waals surface area contributed by atoms with Crippen LogP contribution in [0.5, 0.6) is 5.06 Å². The first kappa shape index (κ1) is 9.03. The SMILES string of the molecule is Cc1csc(OC2CCCNC2)c1. The van der Waals surface area contributed by atoms with Gasteiger partial charge in [0.05, 0.1) is 0 Å². The smallest absolute Gasteiger partial charge is 0.174 e. The molecular weight excluding hydrogens is 182 g/mol. The van der Waals surface area contributed by atoms with Crippen molar-refractivity contribution in [3.05, 3.63) is 17.0 Å². The van der Waals surface area contributed by atoms with Crippen LogP contribution in [0.1, 0.15) is 18.4 Å². The highest BCUT2D eigenvalue weighted by Gasteiger charge is 2.14. The summed E-state index contributed by atoms with van der Waals surface area (Å²) in [5, 5.41) is 6.53. The van der Waals surface area contributed by atoms with E-state index in [1.54, 1.807) is 11.3 Å². The van der Waals surface area contributed by atoms with Crippen molar-refractivity contribution >= 4 is 11.3 Å². The molecule has 1 unspecified atom stereocenters. The molecule has 72 valence electrons. The number of hydrogen-bond donors (Lipinski definition) is 1. The van der Waals surface area contributed by atoms with E-state index in [0.29, 0.717) is 6.10 Å². The fraction of sp³-hybridized carbons (Fsp3) is 0.600. The molecular formula is C10H15NOS. The van der Waals surface area contributed by atoms with E-state index in [-0.39, 0.29) is 0 Å². The summed E-state index contributed by atoms with van der Waals surface area (Å²) in [6.45, 7) is 4.24. The Balaban J connectivity index is 1.89. The normalized spacial score (nSPS) is 23.0. The lowest BCUT2D eigenvalue weighted by Crippen LogP contribution is -2.36. The lowest BCUT2D eigenvalue weighted by Gasteiger charge is -2.22. The number of piperidine rings is 1. The van der Waals surface area contributed by atoms with Gasteiger partial charge in [-0.15, -0.1) is 11.3 Å². The molecule has 0 saturated carbocycles. The number of rotatable bonds is 2. The zero-order valence-electron chi connectivity index (χ0n) is 7.88. The van der Waals surface area contributed by atoms with Crippen LogP contribution in [-0.2, 0) is 0 Å². The lowest BCUT2D eigenvalue weighted by atomic mass is 10.1. The van der Waals surface area contributed by atoms with Gasteiger partial charge in [0.15, 0.2) is 5.06 Å². The second-order valence-electron chi connectivity index (χ2n) is 3.53. The molecule has 2 nitrogen and oxygen atoms in total. The molecule has 1 N–H and O–H groups in total. The first-order valence-corrected chi connectivity index (χ1v) is 5.65. The van der Waals surface area contributed by atoms with Gasteiger partial charge in [0.1, 0.15) is 6.10 Å². The second kappa shape index (κ2) is 4.11. The van der Waals surface area contributed by atoms with Crippen LogP contribution in [0.2, 0.25) is 0 Å². The number of ether oxygens (including phenoxy) is 1. The zero-order chi connectivity index (χ0) is 9.10. The van der Waals surface area contributed by atoms with Crippen molar-refractivity contribution < 1.29 is 4.74 Å². The third-order valence-electron chi connectivity index (χ3n) is 2.24. The molecule has 3 heteroatoms. The van der Waals surface area contributed by atoms with Crippen molar-refractivity contribution in [2.24, 2.45) is 0 Å². The van der Waals surface area contributed by atoms with E-state index in [9.17, 15) is 0 Å². The van der Waals surface area contributed by atoms with Gasteiger partial charge in [-0.05, 0) is 43.3 Å². The van der Waals surface area contributed by atoms with Crippen LogP contribution in [0, 0.1) is 6.92 Å². The van der Waals surface area contributed by atoms with E-state index in [2.05, 4.69) is 23.7 Å². The van der Waals surface area contributed by atoms with Crippen molar-refractivity contribution in [2.45, 2.75) is 25.9 Å². The van der Waals surface area contributed by atoms with Crippen LogP contribution in [0.15, 0.2) is 11.4 Å². The van der Waals surface area contributed by atoms with Crippen molar-refractivity contribution in [3.8, 4) is 5.06 Å². The summed E-state index contributed by atoms with van der Waals surface area (Å²) in [5.41, 5.74) is 1.30. The van der Waals surface area contributed by atoms with Gasteiger partial charge in [0, 0.05) is 6.54 Å². The molecule has 1 fully saturated rings. The summed E-state index contributed by atoms with van der Waals surface area (Å²) in [4.78, 5) is 0. The Bertz CT molecular complexity index is 266. The van der Waals surface area contributed by atoms with Crippen LogP contribution in [0.3, 0.4) is 0 Å². The third kappa shape index (κ3) is 2.45. The van der Waals surface area contributed by atoms with Gasteiger partial charge in [-0.1, -0.05) is 0 Å². The van der Waals surface area contributed by atoms with E-state index >= 15 is 0 Å². The largest absolute Gasteiger partial charge is 0.480 e. The number of hydrogen-bond acceptors (Lipinski definition) is 3. The summed E-state index contributed by atoms with van der Waals surface area (Å²) in [5.74, 6) is 0. The highest BCUT2D eigenvalue weighted by Crippen LogP contribution is 2.24. The molecule has 1 saturated heterocycles. The maximum atomic E-state index is 5.83. The molecule has 1 aliphatic heterocycles. The first-order valence-electron chi connectivity index (χ1n) is 4.77. The number of nitrogens with one attached hydrogen (secondary N) is 1. The van der Waals surface area contributed by atoms with Crippen molar-refractivity contribution in [2.75, 3.05) is 13.1 Å². The average Bonchev–Trinajstić information content (AvgIpc) is 2.53. The topological polar surface area (TPSA) is 21.3 Å². The highest BCUT2D eigenvalue weighted by molar-refractivity contribution is 7.12. The summed E-state index contributed by atoms with van der Waals surface area (Å²) >= 11 is 1.69. The molecule has 0 aromatic carbocycles. The van der Waals surface area contributed by atoms with E-state index < -0.39 is 0 Å². The van der Waals surface area contributed by atoms with Gasteiger partial charge in [0.25, 0.3) is 0 Å². The van der Waals surface area contributed by atoms with Gasteiger partial charge in [-0.25, -0.2) is 0 Å². The first-order chi connectivity index (χ1) is 6.34. The van der Waals surface area contributed by atoms with Gasteiger partial charge in [-0.2, -0.15) is 0 Å². The monoisotopic (exact) mass is 197 g/mol. The van der Waals surface area contributed by atoms with Crippen LogP contribution < -0.4 is 10.1 Å². The Morgan fingerprint density at radius 1 is 1.62 bits per heavy atom. The maximum Gasteiger partial charge on any atom is 0.174 e. The van der Waals surface area contributed by atoms with E-state index in [0.717, 1.165) is 18.2 Å². The Morgan fingerprint density at radius 2 is 2.54 bits per heavy atom. The molecule has 1 aromatic rings. The van der Waals surface area contributed by atoms with Crippen LogP contribution in [0.25, 0.3) is 0 Å². The van der Waals surface area contributed by atoms with E-state index in [1.807, 2.05) is 0 Å². The summed E-state index contributed by atoms with van der Waals surface area (Å²) in [6.07, 6.45) is 2.80. The third-order valence-corrected chi connectivity index (χ3v) is 3.18. The van der Waals surface area contributed by atoms with E-state index in [1.165, 1.54) is 18.4 Å². The molecule has 2 rings (SSSR count). The predicted octanol–water partition coefficient (Wildman–Crippen LogP) is 2.19. The van der Waals surface area contributed by atoms with Crippen LogP contribution in [-0.4, -0.2) is 19.2 Å². The minimum atomic E-state index is 0.381. The average molecular weight is 197 g/mol. The summed E-state index contributed by atoms with van der Waals surface area (Å²) in [6, 6.07) is 2.11. The van der Waals surface area contributed by atoms with Gasteiger partial charge >= 0.3 is 0 Å². The summed E-state index contributed by atoms with van der Waals surface area (Å²) in [7, 11) is 0. The molecule has 13 heavy (non-hydrogen) atoms. The molecule has 2 heterocycles. The van der Waals surface area contributed by atoms with Crippen molar-refractivity contribution in [1.29, 1.82) is 0 Å². The Morgan fingerprint density at radius 3 is 3.15 bits per heavy atom. The Labute approximate surface area is 82.9 Å². The van der Waals surface area contributed by atoms with Crippen molar-refractivity contribution in [1.82, 2.24) is 5.32 Å². The quantitative estimate of drug-likeness (QED) is 0.784. The fourth-order valence-electron chi connectivity index (χ4n) is 1.55.